The molecule has 15 aromatic rings. The van der Waals surface area contributed by atoms with Crippen LogP contribution in [0.4, 0.5) is 34.1 Å². The molecule has 2 nitrogen and oxygen atoms in total. The van der Waals surface area contributed by atoms with Crippen LogP contribution in [0.3, 0.4) is 0 Å². The van der Waals surface area contributed by atoms with Gasteiger partial charge in [-0.1, -0.05) is 303 Å². The first-order valence-electron chi connectivity index (χ1n) is 35.0. The molecule has 2 aliphatic carbocycles. The van der Waals surface area contributed by atoms with E-state index in [4.69, 9.17) is 0 Å². The second-order valence-electron chi connectivity index (χ2n) is 27.6. The average Bonchev–Trinajstić information content (AvgIpc) is 1.54. The zero-order valence-corrected chi connectivity index (χ0v) is 57.1. The van der Waals surface area contributed by atoms with E-state index in [-0.39, 0.29) is 0 Å². The van der Waals surface area contributed by atoms with Gasteiger partial charge in [0.1, 0.15) is 0 Å². The first-order chi connectivity index (χ1) is 49.1. The van der Waals surface area contributed by atoms with Gasteiger partial charge in [-0.15, -0.1) is 0 Å². The van der Waals surface area contributed by atoms with Crippen molar-refractivity contribution in [1.29, 1.82) is 0 Å². The number of aryl methyl sites for hydroxylation is 4. The van der Waals surface area contributed by atoms with Crippen LogP contribution in [0.25, 0.3) is 78.2 Å². The van der Waals surface area contributed by atoms with Crippen molar-refractivity contribution in [2.45, 2.75) is 51.4 Å². The van der Waals surface area contributed by atoms with Crippen LogP contribution in [0.15, 0.2) is 341 Å². The Morgan fingerprint density at radius 2 is 0.620 bits per heavy atom. The number of nitrogens with zero attached hydrogens (tertiary/aromatic N) is 2. The third kappa shape index (κ3) is 10.4. The standard InChI is InChI=1S/C98H76N2/c1-7-69-33-37-71(38-34-69)63-97(89-57-31-65(3)59-67(89)5)91-27-15-13-25-85(91)87-55-53-81(61-93(87)97)99(95-29-17-21-77-19-9-11-23-83(77)95)79-49-45-75(46-50-79)73-41-43-74(44-42-73)76-47-51-80(52-48-76)100(96-30-18-22-78-20-10-12-24-84(78)96)82-54-56-88-86-26-14-16-28-92(86)98(94(88)62-82,90-58-32-66(4)60-68(90)6)64-72-39-35-70(8-2)36-40-72/h7-62H,1-2,63-64H2,3-6H3. The molecule has 15 aromatic carbocycles. The average molecular weight is 1280 g/mol. The van der Waals surface area contributed by atoms with Crippen molar-refractivity contribution >= 4 is 67.8 Å². The third-order valence-corrected chi connectivity index (χ3v) is 21.7. The topological polar surface area (TPSA) is 6.48 Å². The van der Waals surface area contributed by atoms with Gasteiger partial charge in [-0.05, 0) is 223 Å². The van der Waals surface area contributed by atoms with Crippen LogP contribution in [0, 0.1) is 27.7 Å². The maximum atomic E-state index is 4.08. The lowest BCUT2D eigenvalue weighted by molar-refractivity contribution is 0.625. The molecule has 0 bridgehead atoms. The minimum Gasteiger partial charge on any atom is -0.310 e. The van der Waals surface area contributed by atoms with Crippen molar-refractivity contribution in [2.24, 2.45) is 0 Å². The first kappa shape index (κ1) is 61.5. The third-order valence-electron chi connectivity index (χ3n) is 21.7. The maximum Gasteiger partial charge on any atom is 0.0540 e. The minimum atomic E-state index is -0.469. The quantitative estimate of drug-likeness (QED) is 0.0951. The predicted molar refractivity (Wildman–Crippen MR) is 425 cm³/mol. The lowest BCUT2D eigenvalue weighted by atomic mass is 9.67. The van der Waals surface area contributed by atoms with Crippen LogP contribution >= 0.6 is 0 Å². The fraction of sp³-hybridized carbons (Fsp3) is 0.0816. The molecule has 2 aliphatic rings. The van der Waals surface area contributed by atoms with E-state index < -0.39 is 10.8 Å². The van der Waals surface area contributed by atoms with E-state index >= 15 is 0 Å². The van der Waals surface area contributed by atoms with Crippen LogP contribution in [0.1, 0.15) is 77.9 Å². The SMILES string of the molecule is C=Cc1ccc(CC2(c3ccc(C)cc3C)c3ccccc3-c3ccc(N(c4ccc(-c5ccc(-c6ccc(N(c7ccc8c(c7)C(Cc7ccc(C=C)cc7)(c7ccc(C)cc7C)c7ccccc7-8)c7cccc8ccccc78)cc6)cc5)cc4)c4cccc5ccccc45)cc32)cc1. The number of rotatable bonds is 16. The van der Waals surface area contributed by atoms with E-state index in [1.54, 1.807) is 0 Å². The Hall–Kier alpha value is -12.1. The van der Waals surface area contributed by atoms with Gasteiger partial charge >= 0.3 is 0 Å². The lowest BCUT2D eigenvalue weighted by Gasteiger charge is -2.36. The van der Waals surface area contributed by atoms with E-state index in [2.05, 4.69) is 378 Å². The molecule has 100 heavy (non-hydrogen) atoms. The highest BCUT2D eigenvalue weighted by Crippen LogP contribution is 2.59. The normalized spacial score (nSPS) is 14.8. The minimum absolute atomic E-state index is 0.469. The van der Waals surface area contributed by atoms with Crippen molar-refractivity contribution in [1.82, 2.24) is 0 Å². The maximum absolute atomic E-state index is 4.08. The zero-order valence-electron chi connectivity index (χ0n) is 57.1. The summed E-state index contributed by atoms with van der Waals surface area (Å²) in [4.78, 5) is 4.95. The van der Waals surface area contributed by atoms with Crippen molar-refractivity contribution in [3.05, 3.63) is 419 Å². The summed E-state index contributed by atoms with van der Waals surface area (Å²) in [6.07, 6.45) is 5.46. The summed E-state index contributed by atoms with van der Waals surface area (Å²) < 4.78 is 0. The van der Waals surface area contributed by atoms with Gasteiger partial charge in [-0.3, -0.25) is 0 Å². The largest absolute Gasteiger partial charge is 0.310 e. The molecule has 2 unspecified atom stereocenters. The molecule has 0 radical (unpaired) electrons. The molecule has 0 aliphatic heterocycles. The molecule has 17 rings (SSSR count). The Morgan fingerprint density at radius 1 is 0.280 bits per heavy atom. The van der Waals surface area contributed by atoms with Gasteiger partial charge in [-0.2, -0.15) is 0 Å². The number of anilines is 6. The lowest BCUT2D eigenvalue weighted by Crippen LogP contribution is -2.31. The molecule has 0 spiro atoms. The number of hydrogen-bond acceptors (Lipinski definition) is 2. The van der Waals surface area contributed by atoms with E-state index in [1.165, 1.54) is 111 Å². The molecular weight excluding hydrogens is 1210 g/mol. The van der Waals surface area contributed by atoms with Crippen LogP contribution in [0.5, 0.6) is 0 Å². The van der Waals surface area contributed by atoms with Gasteiger partial charge in [0.25, 0.3) is 0 Å². The molecule has 0 heterocycles. The Bertz CT molecular complexity index is 5310. The summed E-state index contributed by atoms with van der Waals surface area (Å²) in [6, 6.07) is 123. The van der Waals surface area contributed by atoms with Crippen LogP contribution in [0.2, 0.25) is 0 Å². The van der Waals surface area contributed by atoms with Crippen molar-refractivity contribution in [2.75, 3.05) is 9.80 Å². The molecule has 0 aromatic heterocycles. The second kappa shape index (κ2) is 25.1. The van der Waals surface area contributed by atoms with E-state index in [0.29, 0.717) is 0 Å². The summed E-state index contributed by atoms with van der Waals surface area (Å²) in [5.74, 6) is 0. The highest BCUT2D eigenvalue weighted by Gasteiger charge is 2.48. The van der Waals surface area contributed by atoms with Gasteiger partial charge in [0.2, 0.25) is 0 Å². The molecule has 0 N–H and O–H groups in total. The summed E-state index contributed by atoms with van der Waals surface area (Å²) in [6.45, 7) is 17.2. The fourth-order valence-corrected chi connectivity index (χ4v) is 17.0. The van der Waals surface area contributed by atoms with Crippen LogP contribution in [-0.4, -0.2) is 0 Å². The number of benzene rings is 15. The summed E-state index contributed by atoms with van der Waals surface area (Å²) in [5, 5.41) is 4.78. The molecule has 2 atom stereocenters. The zero-order chi connectivity index (χ0) is 67.6. The van der Waals surface area contributed by atoms with E-state index in [1.807, 2.05) is 12.2 Å². The smallest absolute Gasteiger partial charge is 0.0540 e. The molecule has 2 heteroatoms. The monoisotopic (exact) mass is 1280 g/mol. The number of hydrogen-bond donors (Lipinski definition) is 0. The van der Waals surface area contributed by atoms with Gasteiger partial charge in [0.05, 0.1) is 22.2 Å². The van der Waals surface area contributed by atoms with E-state index in [9.17, 15) is 0 Å². The molecule has 0 saturated heterocycles. The molecule has 0 saturated carbocycles. The number of fused-ring (bicyclic) bond motifs is 8. The van der Waals surface area contributed by atoms with Gasteiger partial charge in [0, 0.05) is 33.5 Å². The summed E-state index contributed by atoms with van der Waals surface area (Å²) in [7, 11) is 0. The summed E-state index contributed by atoms with van der Waals surface area (Å²) >= 11 is 0. The van der Waals surface area contributed by atoms with Crippen molar-refractivity contribution in [3.63, 3.8) is 0 Å². The van der Waals surface area contributed by atoms with Crippen LogP contribution < -0.4 is 9.80 Å². The molecular formula is C98H76N2. The Morgan fingerprint density at radius 3 is 1.01 bits per heavy atom. The Balaban J connectivity index is 0.729. The summed E-state index contributed by atoms with van der Waals surface area (Å²) in [5.41, 5.74) is 33.3. The fourth-order valence-electron chi connectivity index (χ4n) is 17.0. The predicted octanol–water partition coefficient (Wildman–Crippen LogP) is 25.9. The Labute approximate surface area is 588 Å². The Kier molecular flexibility index (Phi) is 15.4. The van der Waals surface area contributed by atoms with Gasteiger partial charge < -0.3 is 9.80 Å². The highest BCUT2D eigenvalue weighted by atomic mass is 15.1. The highest BCUT2D eigenvalue weighted by molar-refractivity contribution is 6.02. The second-order valence-corrected chi connectivity index (χ2v) is 27.6. The first-order valence-corrected chi connectivity index (χ1v) is 35.0. The van der Waals surface area contributed by atoms with Crippen molar-refractivity contribution < 1.29 is 0 Å². The molecule has 0 fully saturated rings. The van der Waals surface area contributed by atoms with Crippen LogP contribution in [-0.2, 0) is 23.7 Å². The van der Waals surface area contributed by atoms with Gasteiger partial charge in [0.15, 0.2) is 0 Å². The van der Waals surface area contributed by atoms with Gasteiger partial charge in [-0.25, -0.2) is 0 Å². The molecule has 0 amide bonds. The van der Waals surface area contributed by atoms with E-state index in [0.717, 1.165) is 80.3 Å². The molecule has 478 valence electrons. The van der Waals surface area contributed by atoms with Crippen molar-refractivity contribution in [3.8, 4) is 44.5 Å².